The van der Waals surface area contributed by atoms with E-state index in [9.17, 15) is 9.59 Å². The molecule has 8 heteroatoms. The lowest BCUT2D eigenvalue weighted by Crippen LogP contribution is -2.50. The first-order valence-electron chi connectivity index (χ1n) is 8.59. The second-order valence-electron chi connectivity index (χ2n) is 6.45. The van der Waals surface area contributed by atoms with E-state index in [0.29, 0.717) is 37.1 Å². The molecule has 0 atom stereocenters. The van der Waals surface area contributed by atoms with Crippen molar-refractivity contribution in [3.63, 3.8) is 0 Å². The number of rotatable bonds is 4. The highest BCUT2D eigenvalue weighted by Gasteiger charge is 2.23. The first-order chi connectivity index (χ1) is 12.5. The smallest absolute Gasteiger partial charge is 0.233 e. The molecule has 1 aliphatic heterocycles. The highest BCUT2D eigenvalue weighted by molar-refractivity contribution is 7.99. The zero-order chi connectivity index (χ0) is 18.7. The third kappa shape index (κ3) is 4.07. The van der Waals surface area contributed by atoms with Crippen LogP contribution < -0.4 is 0 Å². The maximum absolute atomic E-state index is 12.5. The number of aromatic nitrogens is 3. The van der Waals surface area contributed by atoms with Crippen LogP contribution >= 0.6 is 11.8 Å². The van der Waals surface area contributed by atoms with Crippen molar-refractivity contribution in [2.45, 2.75) is 25.9 Å². The van der Waals surface area contributed by atoms with Crippen LogP contribution in [0.2, 0.25) is 0 Å². The van der Waals surface area contributed by atoms with Crippen LogP contribution in [-0.4, -0.2) is 68.3 Å². The molecule has 1 saturated heterocycles. The van der Waals surface area contributed by atoms with Crippen molar-refractivity contribution in [2.24, 2.45) is 0 Å². The number of thioether (sulfide) groups is 1. The normalized spacial score (nSPS) is 14.6. The van der Waals surface area contributed by atoms with Gasteiger partial charge in [0, 0.05) is 33.1 Å². The average molecular weight is 373 g/mol. The van der Waals surface area contributed by atoms with E-state index in [1.807, 2.05) is 15.5 Å². The van der Waals surface area contributed by atoms with Crippen LogP contribution in [0, 0.1) is 13.8 Å². The molecule has 0 unspecified atom stereocenters. The van der Waals surface area contributed by atoms with Crippen LogP contribution in [0.25, 0.3) is 5.69 Å². The Hall–Kier alpha value is -2.35. The third-order valence-corrected chi connectivity index (χ3v) is 5.46. The van der Waals surface area contributed by atoms with Gasteiger partial charge in [0.25, 0.3) is 0 Å². The van der Waals surface area contributed by atoms with E-state index >= 15 is 0 Å². The van der Waals surface area contributed by atoms with Gasteiger partial charge in [0.15, 0.2) is 5.16 Å². The van der Waals surface area contributed by atoms with Crippen molar-refractivity contribution in [3.05, 3.63) is 35.7 Å². The summed E-state index contributed by atoms with van der Waals surface area (Å²) in [5.74, 6) is 0.436. The average Bonchev–Trinajstić information content (AvgIpc) is 3.08. The van der Waals surface area contributed by atoms with Gasteiger partial charge in [0.05, 0.1) is 11.4 Å². The fourth-order valence-corrected chi connectivity index (χ4v) is 3.88. The standard InChI is InChI=1S/C18H23N5O2S/c1-13-4-5-16(14(2)10-13)23-12-19-20-18(23)26-11-17(25)22-8-6-21(7-9-22)15(3)24/h4-5,10,12H,6-9,11H2,1-3H3. The van der Waals surface area contributed by atoms with Crippen molar-refractivity contribution in [2.75, 3.05) is 31.9 Å². The maximum atomic E-state index is 12.5. The molecule has 138 valence electrons. The summed E-state index contributed by atoms with van der Waals surface area (Å²) >= 11 is 1.39. The number of amides is 2. The Labute approximate surface area is 157 Å². The Balaban J connectivity index is 1.62. The monoisotopic (exact) mass is 373 g/mol. The molecule has 0 bridgehead atoms. The first kappa shape index (κ1) is 18.4. The van der Waals surface area contributed by atoms with E-state index in [1.165, 1.54) is 17.3 Å². The number of piperazine rings is 1. The number of aryl methyl sites for hydroxylation is 2. The largest absolute Gasteiger partial charge is 0.339 e. The van der Waals surface area contributed by atoms with Gasteiger partial charge in [0.1, 0.15) is 6.33 Å². The molecule has 0 radical (unpaired) electrons. The van der Waals surface area contributed by atoms with Crippen LogP contribution in [0.3, 0.4) is 0 Å². The minimum atomic E-state index is 0.0630. The molecule has 26 heavy (non-hydrogen) atoms. The Morgan fingerprint density at radius 2 is 1.81 bits per heavy atom. The quantitative estimate of drug-likeness (QED) is 0.763. The zero-order valence-electron chi connectivity index (χ0n) is 15.3. The molecule has 0 N–H and O–H groups in total. The van der Waals surface area contributed by atoms with Gasteiger partial charge >= 0.3 is 0 Å². The van der Waals surface area contributed by atoms with Gasteiger partial charge in [-0.3, -0.25) is 14.2 Å². The second kappa shape index (κ2) is 7.90. The van der Waals surface area contributed by atoms with Gasteiger partial charge in [-0.15, -0.1) is 10.2 Å². The summed E-state index contributed by atoms with van der Waals surface area (Å²) < 4.78 is 1.92. The molecular weight excluding hydrogens is 350 g/mol. The number of carbonyl (C=O) groups is 2. The summed E-state index contributed by atoms with van der Waals surface area (Å²) in [5, 5.41) is 8.87. The van der Waals surface area contributed by atoms with Gasteiger partial charge < -0.3 is 9.80 Å². The minimum Gasteiger partial charge on any atom is -0.339 e. The van der Waals surface area contributed by atoms with Gasteiger partial charge in [-0.1, -0.05) is 29.5 Å². The van der Waals surface area contributed by atoms with Gasteiger partial charge in [-0.25, -0.2) is 0 Å². The van der Waals surface area contributed by atoms with E-state index < -0.39 is 0 Å². The Kier molecular flexibility index (Phi) is 5.61. The van der Waals surface area contributed by atoms with E-state index in [2.05, 4.69) is 36.2 Å². The molecule has 1 aromatic carbocycles. The molecule has 0 aliphatic carbocycles. The number of hydrogen-bond donors (Lipinski definition) is 0. The van der Waals surface area contributed by atoms with E-state index in [0.717, 1.165) is 11.3 Å². The third-order valence-electron chi connectivity index (χ3n) is 4.53. The molecule has 2 amide bonds. The lowest BCUT2D eigenvalue weighted by Gasteiger charge is -2.34. The topological polar surface area (TPSA) is 71.3 Å². The maximum Gasteiger partial charge on any atom is 0.233 e. The van der Waals surface area contributed by atoms with Gasteiger partial charge in [-0.2, -0.15) is 0 Å². The summed E-state index contributed by atoms with van der Waals surface area (Å²) in [6.45, 7) is 8.05. The molecular formula is C18H23N5O2S. The van der Waals surface area contributed by atoms with Crippen molar-refractivity contribution >= 4 is 23.6 Å². The molecule has 1 aromatic heterocycles. The van der Waals surface area contributed by atoms with Crippen molar-refractivity contribution in [1.82, 2.24) is 24.6 Å². The molecule has 2 aromatic rings. The molecule has 1 fully saturated rings. The molecule has 1 aliphatic rings. The van der Waals surface area contributed by atoms with Gasteiger partial charge in [0.2, 0.25) is 11.8 Å². The molecule has 2 heterocycles. The zero-order valence-corrected chi connectivity index (χ0v) is 16.1. The molecule has 7 nitrogen and oxygen atoms in total. The Morgan fingerprint density at radius 1 is 1.12 bits per heavy atom. The first-order valence-corrected chi connectivity index (χ1v) is 9.58. The summed E-state index contributed by atoms with van der Waals surface area (Å²) in [5.41, 5.74) is 3.36. The van der Waals surface area contributed by atoms with Crippen molar-refractivity contribution < 1.29 is 9.59 Å². The highest BCUT2D eigenvalue weighted by atomic mass is 32.2. The summed E-state index contributed by atoms with van der Waals surface area (Å²) in [4.78, 5) is 27.4. The summed E-state index contributed by atoms with van der Waals surface area (Å²) in [6, 6.07) is 6.21. The van der Waals surface area contributed by atoms with E-state index in [4.69, 9.17) is 0 Å². The fourth-order valence-electron chi connectivity index (χ4n) is 3.05. The number of nitrogens with zero attached hydrogens (tertiary/aromatic N) is 5. The van der Waals surface area contributed by atoms with Crippen LogP contribution in [-0.2, 0) is 9.59 Å². The van der Waals surface area contributed by atoms with Crippen molar-refractivity contribution in [1.29, 1.82) is 0 Å². The van der Waals surface area contributed by atoms with Crippen LogP contribution in [0.5, 0.6) is 0 Å². The molecule has 0 spiro atoms. The van der Waals surface area contributed by atoms with E-state index in [1.54, 1.807) is 18.2 Å². The predicted octanol–water partition coefficient (Wildman–Crippen LogP) is 1.67. The van der Waals surface area contributed by atoms with Crippen LogP contribution in [0.15, 0.2) is 29.7 Å². The Bertz CT molecular complexity index is 812. The second-order valence-corrected chi connectivity index (χ2v) is 7.39. The SMILES string of the molecule is CC(=O)N1CCN(C(=O)CSc2nncn2-c2ccc(C)cc2C)CC1. The molecule has 3 rings (SSSR count). The fraction of sp³-hybridized carbons (Fsp3) is 0.444. The van der Waals surface area contributed by atoms with Crippen molar-refractivity contribution in [3.8, 4) is 5.69 Å². The van der Waals surface area contributed by atoms with E-state index in [-0.39, 0.29) is 11.8 Å². The lowest BCUT2D eigenvalue weighted by atomic mass is 10.1. The number of benzene rings is 1. The minimum absolute atomic E-state index is 0.0630. The van der Waals surface area contributed by atoms with Gasteiger partial charge in [-0.05, 0) is 25.5 Å². The lowest BCUT2D eigenvalue weighted by molar-refractivity contribution is -0.136. The molecule has 0 saturated carbocycles. The predicted molar refractivity (Wildman–Crippen MR) is 100 cm³/mol. The summed E-state index contributed by atoms with van der Waals surface area (Å²) in [7, 11) is 0. The van der Waals surface area contributed by atoms with Crippen LogP contribution in [0.4, 0.5) is 0 Å². The highest BCUT2D eigenvalue weighted by Crippen LogP contribution is 2.23. The Morgan fingerprint density at radius 3 is 2.46 bits per heavy atom. The number of hydrogen-bond acceptors (Lipinski definition) is 5. The summed E-state index contributed by atoms with van der Waals surface area (Å²) in [6.07, 6.45) is 1.68. The number of carbonyl (C=O) groups excluding carboxylic acids is 2. The van der Waals surface area contributed by atoms with Crippen LogP contribution in [0.1, 0.15) is 18.1 Å².